The summed E-state index contributed by atoms with van der Waals surface area (Å²) in [7, 11) is 4.64. The molecule has 3 amide bonds. The van der Waals surface area contributed by atoms with Crippen LogP contribution in [0.2, 0.25) is 0 Å². The van der Waals surface area contributed by atoms with E-state index >= 15 is 0 Å². The second-order valence-corrected chi connectivity index (χ2v) is 7.73. The fourth-order valence-electron chi connectivity index (χ4n) is 3.64. The molecule has 0 atom stereocenters. The summed E-state index contributed by atoms with van der Waals surface area (Å²) < 4.78 is 20.5. The van der Waals surface area contributed by atoms with Crippen LogP contribution in [0.3, 0.4) is 0 Å². The van der Waals surface area contributed by atoms with Gasteiger partial charge in [-0.05, 0) is 48.7 Å². The number of carbonyl (C=O) groups excluding carboxylic acids is 4. The van der Waals surface area contributed by atoms with E-state index in [1.807, 2.05) is 12.1 Å². The number of hydrogen-bond acceptors (Lipinski definition) is 8. The van der Waals surface area contributed by atoms with Gasteiger partial charge >= 0.3 is 5.97 Å². The Hall–Kier alpha value is -3.92. The number of hydrogen-bond donors (Lipinski definition) is 1. The minimum Gasteiger partial charge on any atom is -0.493 e. The summed E-state index contributed by atoms with van der Waals surface area (Å²) in [6, 6.07) is 9.62. The van der Waals surface area contributed by atoms with Gasteiger partial charge in [0.2, 0.25) is 0 Å². The van der Waals surface area contributed by atoms with E-state index in [-0.39, 0.29) is 23.2 Å². The second-order valence-electron chi connectivity index (χ2n) is 7.73. The Balaban J connectivity index is 1.49. The summed E-state index contributed by atoms with van der Waals surface area (Å²) in [5, 5.41) is 2.68. The van der Waals surface area contributed by atoms with Crippen LogP contribution in [0.25, 0.3) is 0 Å². The number of nitrogens with zero attached hydrogens (tertiary/aromatic N) is 1. The fourth-order valence-corrected chi connectivity index (χ4v) is 3.64. The molecule has 1 aliphatic rings. The molecule has 10 nitrogen and oxygen atoms in total. The maximum atomic E-state index is 12.6. The third-order valence-corrected chi connectivity index (χ3v) is 5.45. The lowest BCUT2D eigenvalue weighted by atomic mass is 10.1. The minimum absolute atomic E-state index is 0.0850. The van der Waals surface area contributed by atoms with Crippen molar-refractivity contribution in [3.05, 3.63) is 58.7 Å². The van der Waals surface area contributed by atoms with Crippen LogP contribution < -0.4 is 14.8 Å². The molecular weight excluding hydrogens is 456 g/mol. The standard InChI is InChI=1S/C25H28N2O8/c1-32-12-4-11-27-23(29)18-7-6-17(14-19(18)24(27)30)25(31)35-15-22(28)26-10-9-16-5-8-20(33-2)21(13-16)34-3/h5-8,13-14H,4,9-12,15H2,1-3H3,(H,26,28). The number of benzene rings is 2. The van der Waals surface area contributed by atoms with Gasteiger partial charge in [-0.1, -0.05) is 6.07 Å². The van der Waals surface area contributed by atoms with Crippen LogP contribution in [0, 0.1) is 0 Å². The highest BCUT2D eigenvalue weighted by Crippen LogP contribution is 2.27. The summed E-state index contributed by atoms with van der Waals surface area (Å²) in [6.07, 6.45) is 1.06. The number of ether oxygens (including phenoxy) is 4. The van der Waals surface area contributed by atoms with Gasteiger partial charge in [0.25, 0.3) is 17.7 Å². The zero-order valence-corrected chi connectivity index (χ0v) is 19.9. The predicted molar refractivity (Wildman–Crippen MR) is 125 cm³/mol. The molecule has 2 aromatic rings. The lowest BCUT2D eigenvalue weighted by Gasteiger charge is -2.12. The number of methoxy groups -OCH3 is 3. The molecule has 1 aliphatic heterocycles. The van der Waals surface area contributed by atoms with Gasteiger partial charge in [0.1, 0.15) is 0 Å². The van der Waals surface area contributed by atoms with Crippen molar-refractivity contribution in [2.24, 2.45) is 0 Å². The first-order chi connectivity index (χ1) is 16.9. The molecule has 2 aromatic carbocycles. The lowest BCUT2D eigenvalue weighted by molar-refractivity contribution is -0.124. The van der Waals surface area contributed by atoms with E-state index in [1.54, 1.807) is 27.4 Å². The Morgan fingerprint density at radius 2 is 1.66 bits per heavy atom. The molecule has 35 heavy (non-hydrogen) atoms. The Labute approximate surface area is 203 Å². The Kier molecular flexibility index (Phi) is 8.80. The van der Waals surface area contributed by atoms with Gasteiger partial charge in [-0.2, -0.15) is 0 Å². The molecule has 1 heterocycles. The molecule has 10 heteroatoms. The number of amides is 3. The van der Waals surface area contributed by atoms with Crippen LogP contribution >= 0.6 is 0 Å². The van der Waals surface area contributed by atoms with Crippen molar-refractivity contribution in [1.82, 2.24) is 10.2 Å². The van der Waals surface area contributed by atoms with Gasteiger partial charge in [-0.15, -0.1) is 0 Å². The number of nitrogens with one attached hydrogen (secondary N) is 1. The van der Waals surface area contributed by atoms with Crippen molar-refractivity contribution in [1.29, 1.82) is 0 Å². The van der Waals surface area contributed by atoms with E-state index < -0.39 is 30.3 Å². The Morgan fingerprint density at radius 3 is 2.37 bits per heavy atom. The zero-order chi connectivity index (χ0) is 25.4. The topological polar surface area (TPSA) is 120 Å². The molecule has 0 saturated carbocycles. The molecule has 0 saturated heterocycles. The fraction of sp³-hybridized carbons (Fsp3) is 0.360. The first-order valence-corrected chi connectivity index (χ1v) is 11.0. The summed E-state index contributed by atoms with van der Waals surface area (Å²) in [5.41, 5.74) is 1.40. The van der Waals surface area contributed by atoms with E-state index in [4.69, 9.17) is 18.9 Å². The normalized spacial score (nSPS) is 12.4. The summed E-state index contributed by atoms with van der Waals surface area (Å²) in [4.78, 5) is 50.7. The van der Waals surface area contributed by atoms with Gasteiger partial charge < -0.3 is 24.3 Å². The molecule has 0 unspecified atom stereocenters. The van der Waals surface area contributed by atoms with Gasteiger partial charge in [0.15, 0.2) is 18.1 Å². The SMILES string of the molecule is COCCCN1C(=O)c2ccc(C(=O)OCC(=O)NCCc3ccc(OC)c(OC)c3)cc2C1=O. The van der Waals surface area contributed by atoms with Gasteiger partial charge in [-0.25, -0.2) is 4.79 Å². The van der Waals surface area contributed by atoms with Crippen LogP contribution in [0.1, 0.15) is 43.1 Å². The van der Waals surface area contributed by atoms with E-state index in [0.29, 0.717) is 37.5 Å². The second kappa shape index (κ2) is 12.0. The molecule has 1 N–H and O–H groups in total. The number of rotatable bonds is 12. The third-order valence-electron chi connectivity index (χ3n) is 5.45. The highest BCUT2D eigenvalue weighted by Gasteiger charge is 2.35. The van der Waals surface area contributed by atoms with E-state index in [1.165, 1.54) is 18.2 Å². The van der Waals surface area contributed by atoms with E-state index in [0.717, 1.165) is 10.5 Å². The summed E-state index contributed by atoms with van der Waals surface area (Å²) in [6.45, 7) is 0.503. The molecule has 3 rings (SSSR count). The van der Waals surface area contributed by atoms with Crippen molar-refractivity contribution in [2.45, 2.75) is 12.8 Å². The smallest absolute Gasteiger partial charge is 0.338 e. The number of esters is 1. The van der Waals surface area contributed by atoms with Crippen LogP contribution in [0.4, 0.5) is 0 Å². The number of carbonyl (C=O) groups is 4. The van der Waals surface area contributed by atoms with Crippen LogP contribution in [0.15, 0.2) is 36.4 Å². The van der Waals surface area contributed by atoms with Crippen molar-refractivity contribution in [3.8, 4) is 11.5 Å². The number of imide groups is 1. The summed E-state index contributed by atoms with van der Waals surface area (Å²) >= 11 is 0. The molecular formula is C25H28N2O8. The van der Waals surface area contributed by atoms with Crippen LogP contribution in [-0.2, 0) is 20.7 Å². The van der Waals surface area contributed by atoms with E-state index in [9.17, 15) is 19.2 Å². The van der Waals surface area contributed by atoms with Crippen molar-refractivity contribution in [2.75, 3.05) is 47.6 Å². The van der Waals surface area contributed by atoms with Gasteiger partial charge in [-0.3, -0.25) is 19.3 Å². The molecule has 0 fully saturated rings. The molecule has 0 aromatic heterocycles. The summed E-state index contributed by atoms with van der Waals surface area (Å²) in [5.74, 6) is -0.892. The van der Waals surface area contributed by atoms with E-state index in [2.05, 4.69) is 5.32 Å². The van der Waals surface area contributed by atoms with Crippen molar-refractivity contribution >= 4 is 23.7 Å². The number of fused-ring (bicyclic) bond motifs is 1. The van der Waals surface area contributed by atoms with Crippen molar-refractivity contribution < 1.29 is 38.1 Å². The molecule has 0 radical (unpaired) electrons. The predicted octanol–water partition coefficient (Wildman–Crippen LogP) is 1.85. The first kappa shape index (κ1) is 25.7. The average molecular weight is 485 g/mol. The van der Waals surface area contributed by atoms with Crippen LogP contribution in [0.5, 0.6) is 11.5 Å². The monoisotopic (exact) mass is 484 g/mol. The zero-order valence-electron chi connectivity index (χ0n) is 19.9. The maximum Gasteiger partial charge on any atom is 0.338 e. The quantitative estimate of drug-likeness (QED) is 0.275. The maximum absolute atomic E-state index is 12.6. The lowest BCUT2D eigenvalue weighted by Crippen LogP contribution is -2.31. The largest absolute Gasteiger partial charge is 0.493 e. The molecule has 0 spiro atoms. The highest BCUT2D eigenvalue weighted by atomic mass is 16.5. The Bertz CT molecular complexity index is 1110. The van der Waals surface area contributed by atoms with Crippen LogP contribution in [-0.4, -0.2) is 76.2 Å². The molecule has 0 aliphatic carbocycles. The minimum atomic E-state index is -0.763. The average Bonchev–Trinajstić information content (AvgIpc) is 3.11. The first-order valence-electron chi connectivity index (χ1n) is 11.0. The highest BCUT2D eigenvalue weighted by molar-refractivity contribution is 6.22. The third kappa shape index (κ3) is 6.15. The van der Waals surface area contributed by atoms with Gasteiger partial charge in [0, 0.05) is 26.8 Å². The van der Waals surface area contributed by atoms with Crippen molar-refractivity contribution in [3.63, 3.8) is 0 Å². The molecule has 0 bridgehead atoms. The Morgan fingerprint density at radius 1 is 0.914 bits per heavy atom. The molecule has 186 valence electrons. The van der Waals surface area contributed by atoms with Gasteiger partial charge in [0.05, 0.1) is 30.9 Å².